The molecule has 1 nitrogen and oxygen atoms in total. The van der Waals surface area contributed by atoms with E-state index in [0.717, 1.165) is 23.7 Å². The summed E-state index contributed by atoms with van der Waals surface area (Å²) in [6.07, 6.45) is 3.77. The lowest BCUT2D eigenvalue weighted by Gasteiger charge is -2.34. The first-order chi connectivity index (χ1) is 9.74. The largest absolute Gasteiger partial charge is 0.292 e. The summed E-state index contributed by atoms with van der Waals surface area (Å²) in [5.74, 6) is -0.185. The molecule has 1 saturated heterocycles. The highest BCUT2D eigenvalue weighted by molar-refractivity contribution is 7.10. The number of piperidine rings is 1. The van der Waals surface area contributed by atoms with Gasteiger partial charge in [0.1, 0.15) is 5.82 Å². The van der Waals surface area contributed by atoms with Crippen molar-refractivity contribution < 1.29 is 4.39 Å². The number of hydrogen-bond donors (Lipinski definition) is 0. The van der Waals surface area contributed by atoms with E-state index in [1.54, 1.807) is 23.5 Å². The van der Waals surface area contributed by atoms with Crippen LogP contribution in [0.4, 0.5) is 4.39 Å². The van der Waals surface area contributed by atoms with Gasteiger partial charge in [-0.15, -0.1) is 11.3 Å². The Morgan fingerprint density at radius 3 is 2.40 bits per heavy atom. The van der Waals surface area contributed by atoms with Gasteiger partial charge in [0.2, 0.25) is 0 Å². The van der Waals surface area contributed by atoms with Gasteiger partial charge in [-0.1, -0.05) is 30.2 Å². The molecule has 2 aromatic rings. The summed E-state index contributed by atoms with van der Waals surface area (Å²) in [4.78, 5) is 3.72. The molecule has 4 heteroatoms. The van der Waals surface area contributed by atoms with Crippen molar-refractivity contribution in [3.8, 4) is 0 Å². The molecule has 1 aromatic heterocycles. The van der Waals surface area contributed by atoms with E-state index < -0.39 is 0 Å². The molecule has 3 rings (SSSR count). The fraction of sp³-hybridized carbons (Fsp3) is 0.375. The highest BCUT2D eigenvalue weighted by Gasteiger charge is 2.25. The Bertz CT molecular complexity index is 560. The van der Waals surface area contributed by atoms with Crippen LogP contribution in [0, 0.1) is 5.82 Å². The average molecular weight is 310 g/mol. The zero-order valence-electron chi connectivity index (χ0n) is 11.2. The summed E-state index contributed by atoms with van der Waals surface area (Å²) in [5.41, 5.74) is 1.15. The predicted molar refractivity (Wildman–Crippen MR) is 83.0 cm³/mol. The Morgan fingerprint density at radius 1 is 1.10 bits per heavy atom. The van der Waals surface area contributed by atoms with Crippen molar-refractivity contribution in [1.82, 2.24) is 4.90 Å². The Morgan fingerprint density at radius 2 is 1.80 bits per heavy atom. The maximum absolute atomic E-state index is 13.2. The Labute approximate surface area is 128 Å². The zero-order valence-corrected chi connectivity index (χ0v) is 12.8. The molecule has 1 aliphatic rings. The Kier molecular flexibility index (Phi) is 4.39. The molecule has 0 bridgehead atoms. The van der Waals surface area contributed by atoms with Crippen LogP contribution in [0.15, 0.2) is 35.7 Å². The second-order valence-corrected chi connectivity index (χ2v) is 6.60. The molecule has 1 fully saturated rings. The van der Waals surface area contributed by atoms with Gasteiger partial charge in [0.15, 0.2) is 0 Å². The quantitative estimate of drug-likeness (QED) is 0.761. The smallest absolute Gasteiger partial charge is 0.123 e. The maximum atomic E-state index is 13.2. The third-order valence-electron chi connectivity index (χ3n) is 3.80. The number of hydrogen-bond acceptors (Lipinski definition) is 2. The lowest BCUT2D eigenvalue weighted by Crippen LogP contribution is -2.34. The van der Waals surface area contributed by atoms with Gasteiger partial charge >= 0.3 is 0 Å². The predicted octanol–water partition coefficient (Wildman–Crippen LogP) is 5.12. The number of halogens is 2. The van der Waals surface area contributed by atoms with Crippen LogP contribution in [0.3, 0.4) is 0 Å². The molecule has 2 heterocycles. The van der Waals surface area contributed by atoms with Crippen LogP contribution in [-0.2, 0) is 0 Å². The van der Waals surface area contributed by atoms with Crippen molar-refractivity contribution in [2.24, 2.45) is 0 Å². The van der Waals surface area contributed by atoms with E-state index in [1.165, 1.54) is 24.1 Å². The molecule has 20 heavy (non-hydrogen) atoms. The molecule has 1 aliphatic heterocycles. The summed E-state index contributed by atoms with van der Waals surface area (Å²) in [6, 6.07) is 9.11. The minimum absolute atomic E-state index is 0.185. The van der Waals surface area contributed by atoms with Crippen LogP contribution in [0.1, 0.15) is 35.7 Å². The molecular formula is C16H17ClFNS. The van der Waals surface area contributed by atoms with Crippen LogP contribution in [0.2, 0.25) is 5.02 Å². The zero-order chi connectivity index (χ0) is 13.9. The summed E-state index contributed by atoms with van der Waals surface area (Å²) >= 11 is 7.77. The van der Waals surface area contributed by atoms with E-state index in [-0.39, 0.29) is 11.9 Å². The third-order valence-corrected chi connectivity index (χ3v) is 5.13. The highest BCUT2D eigenvalue weighted by atomic mass is 35.5. The molecule has 1 unspecified atom stereocenters. The first-order valence-electron chi connectivity index (χ1n) is 6.97. The summed E-state index contributed by atoms with van der Waals surface area (Å²) < 4.78 is 13.2. The van der Waals surface area contributed by atoms with Crippen molar-refractivity contribution in [3.05, 3.63) is 57.0 Å². The van der Waals surface area contributed by atoms with Gasteiger partial charge in [-0.05, 0) is 49.7 Å². The summed E-state index contributed by atoms with van der Waals surface area (Å²) in [6.45, 7) is 2.19. The molecule has 0 N–H and O–H groups in total. The third kappa shape index (κ3) is 3.05. The van der Waals surface area contributed by atoms with Crippen LogP contribution in [0.25, 0.3) is 0 Å². The normalized spacial score (nSPS) is 18.1. The van der Waals surface area contributed by atoms with Crippen molar-refractivity contribution in [1.29, 1.82) is 0 Å². The first-order valence-corrected chi connectivity index (χ1v) is 8.23. The minimum atomic E-state index is -0.185. The van der Waals surface area contributed by atoms with E-state index in [4.69, 9.17) is 11.6 Å². The van der Waals surface area contributed by atoms with Crippen LogP contribution in [0.5, 0.6) is 0 Å². The number of rotatable bonds is 3. The van der Waals surface area contributed by atoms with E-state index in [9.17, 15) is 4.39 Å². The van der Waals surface area contributed by atoms with Gasteiger partial charge < -0.3 is 0 Å². The molecule has 1 aromatic carbocycles. The summed E-state index contributed by atoms with van der Waals surface area (Å²) in [5, 5.41) is 2.76. The standard InChI is InChI=1S/C16H17ClFNS/c17-13-10-15(20-11-13)16(19-8-2-1-3-9-19)12-4-6-14(18)7-5-12/h4-7,10-11,16H,1-3,8-9H2. The van der Waals surface area contributed by atoms with E-state index in [2.05, 4.69) is 4.90 Å². The minimum Gasteiger partial charge on any atom is -0.292 e. The number of nitrogens with zero attached hydrogens (tertiary/aromatic N) is 1. The van der Waals surface area contributed by atoms with E-state index in [0.29, 0.717) is 0 Å². The van der Waals surface area contributed by atoms with Gasteiger partial charge in [0.05, 0.1) is 11.1 Å². The number of likely N-dealkylation sites (tertiary alicyclic amines) is 1. The van der Waals surface area contributed by atoms with Gasteiger partial charge in [-0.25, -0.2) is 4.39 Å². The number of thiophene rings is 1. The number of benzene rings is 1. The summed E-state index contributed by atoms with van der Waals surface area (Å²) in [7, 11) is 0. The Hall–Kier alpha value is -0.900. The van der Waals surface area contributed by atoms with Crippen LogP contribution in [-0.4, -0.2) is 18.0 Å². The highest BCUT2D eigenvalue weighted by Crippen LogP contribution is 2.35. The molecule has 106 valence electrons. The van der Waals surface area contributed by atoms with Gasteiger partial charge in [0, 0.05) is 10.3 Å². The maximum Gasteiger partial charge on any atom is 0.123 e. The van der Waals surface area contributed by atoms with Gasteiger partial charge in [0.25, 0.3) is 0 Å². The van der Waals surface area contributed by atoms with Crippen molar-refractivity contribution in [2.75, 3.05) is 13.1 Å². The Balaban J connectivity index is 1.95. The fourth-order valence-electron chi connectivity index (χ4n) is 2.85. The second kappa shape index (κ2) is 6.25. The molecule has 0 aliphatic carbocycles. The second-order valence-electron chi connectivity index (χ2n) is 5.22. The van der Waals surface area contributed by atoms with Gasteiger partial charge in [-0.2, -0.15) is 0 Å². The van der Waals surface area contributed by atoms with E-state index >= 15 is 0 Å². The first kappa shape index (κ1) is 14.1. The topological polar surface area (TPSA) is 3.24 Å². The van der Waals surface area contributed by atoms with Gasteiger partial charge in [-0.3, -0.25) is 4.90 Å². The lowest BCUT2D eigenvalue weighted by molar-refractivity contribution is 0.189. The fourth-order valence-corrected chi connectivity index (χ4v) is 4.09. The molecule has 0 saturated carbocycles. The average Bonchev–Trinajstić information content (AvgIpc) is 2.89. The molecule has 0 spiro atoms. The molecular weight excluding hydrogens is 293 g/mol. The van der Waals surface area contributed by atoms with E-state index in [1.807, 2.05) is 23.6 Å². The lowest BCUT2D eigenvalue weighted by atomic mass is 10.0. The van der Waals surface area contributed by atoms with Crippen molar-refractivity contribution >= 4 is 22.9 Å². The molecule has 0 amide bonds. The molecule has 1 atom stereocenters. The SMILES string of the molecule is Fc1ccc(C(c2cc(Cl)cs2)N2CCCCC2)cc1. The van der Waals surface area contributed by atoms with Crippen molar-refractivity contribution in [2.45, 2.75) is 25.3 Å². The van der Waals surface area contributed by atoms with Crippen LogP contribution >= 0.6 is 22.9 Å². The molecule has 0 radical (unpaired) electrons. The monoisotopic (exact) mass is 309 g/mol. The van der Waals surface area contributed by atoms with Crippen molar-refractivity contribution in [3.63, 3.8) is 0 Å². The van der Waals surface area contributed by atoms with Crippen LogP contribution < -0.4 is 0 Å².